The van der Waals surface area contributed by atoms with E-state index in [2.05, 4.69) is 36.6 Å². The van der Waals surface area contributed by atoms with Gasteiger partial charge in [-0.25, -0.2) is 0 Å². The normalized spacial score (nSPS) is 26.0. The number of aliphatic carboxylic acids is 1. The van der Waals surface area contributed by atoms with E-state index in [1.54, 1.807) is 0 Å². The molecule has 3 saturated heterocycles. The molecule has 164 valence electrons. The monoisotopic (exact) mass is 411 g/mol. The molecule has 0 aromatic rings. The first-order valence-corrected chi connectivity index (χ1v) is 9.78. The lowest BCUT2D eigenvalue weighted by Gasteiger charge is -2.06. The molecule has 29 heavy (non-hydrogen) atoms. The van der Waals surface area contributed by atoms with Gasteiger partial charge in [0.05, 0.1) is 6.04 Å². The van der Waals surface area contributed by atoms with Gasteiger partial charge < -0.3 is 32.7 Å². The Kier molecular flexibility index (Phi) is 12.2. The van der Waals surface area contributed by atoms with Crippen LogP contribution in [0.15, 0.2) is 20.7 Å². The summed E-state index contributed by atoms with van der Waals surface area (Å²) in [6, 6.07) is 0.218. The highest BCUT2D eigenvalue weighted by Gasteiger charge is 2.20. The van der Waals surface area contributed by atoms with E-state index in [1.165, 1.54) is 6.42 Å². The number of carbonyl (C=O) groups is 1. The molecular weight excluding hydrogens is 378 g/mol. The van der Waals surface area contributed by atoms with Crippen LogP contribution in [0.25, 0.3) is 0 Å². The Hall–Kier alpha value is -2.51. The van der Waals surface area contributed by atoms with Crippen molar-refractivity contribution in [1.29, 1.82) is 10.8 Å². The molecule has 13 heteroatoms. The lowest BCUT2D eigenvalue weighted by atomic mass is 10.1. The van der Waals surface area contributed by atoms with Gasteiger partial charge in [0.2, 0.25) is 0 Å². The molecule has 0 spiro atoms. The van der Waals surface area contributed by atoms with Crippen LogP contribution in [-0.4, -0.2) is 60.5 Å². The largest absolute Gasteiger partial charge is 0.480 e. The third kappa shape index (κ3) is 10.6. The van der Waals surface area contributed by atoms with E-state index in [0.29, 0.717) is 12.5 Å². The number of amidine groups is 2. The maximum absolute atomic E-state index is 10.1. The van der Waals surface area contributed by atoms with Gasteiger partial charge >= 0.3 is 5.97 Å². The summed E-state index contributed by atoms with van der Waals surface area (Å²) < 4.78 is 0. The van der Waals surface area contributed by atoms with Gasteiger partial charge in [-0.05, 0) is 58.2 Å². The second-order valence-corrected chi connectivity index (χ2v) is 6.90. The molecule has 0 aromatic carbocycles. The molecule has 10 N–H and O–H groups in total. The quantitative estimate of drug-likeness (QED) is 0.106. The van der Waals surface area contributed by atoms with Crippen molar-refractivity contribution < 1.29 is 9.90 Å². The van der Waals surface area contributed by atoms with Crippen LogP contribution in [0.1, 0.15) is 44.9 Å². The predicted octanol–water partition coefficient (Wildman–Crippen LogP) is 0.296. The number of nitrogens with one attached hydrogen (secondary N) is 5. The van der Waals surface area contributed by atoms with Crippen LogP contribution in [0.3, 0.4) is 0 Å². The third-order valence-electron chi connectivity index (χ3n) is 4.69. The van der Waals surface area contributed by atoms with Crippen molar-refractivity contribution in [3.05, 3.63) is 0 Å². The third-order valence-corrected chi connectivity index (χ3v) is 4.69. The molecule has 0 aliphatic carbocycles. The Labute approximate surface area is 170 Å². The Morgan fingerprint density at radius 2 is 1.45 bits per heavy atom. The fourth-order valence-corrected chi connectivity index (χ4v) is 3.22. The summed E-state index contributed by atoms with van der Waals surface area (Å²) in [6.45, 7) is 2.88. The number of hydrogen-bond acceptors (Lipinski definition) is 8. The Balaban J connectivity index is 0.000000220. The standard InChI is InChI=1S/C6H13N5.C5H11N5.C5H9NO2/c7-6(10-11-8)4-5-2-1-3-9-5;6-5(9-10-7)4-2-1-3-8-4;7-5(8)4-2-1-3-6-4/h5,9H,1-4H2,(H3,7,8,10);4,8H,1-3H2,(H3,6,7,9);4,6H,1-3H2,(H,7,8)/t5-;2*4-/m000/s1. The molecule has 3 aliphatic heterocycles. The topological polar surface area (TPSA) is 223 Å². The van der Waals surface area contributed by atoms with Crippen LogP contribution in [0.4, 0.5) is 0 Å². The Morgan fingerprint density at radius 3 is 1.86 bits per heavy atom. The van der Waals surface area contributed by atoms with Gasteiger partial charge in [0.1, 0.15) is 11.9 Å². The van der Waals surface area contributed by atoms with Gasteiger partial charge in [-0.3, -0.25) is 15.6 Å². The average molecular weight is 412 g/mol. The second kappa shape index (κ2) is 14.5. The molecule has 3 aliphatic rings. The summed E-state index contributed by atoms with van der Waals surface area (Å²) in [5, 5.41) is 45.1. The zero-order valence-corrected chi connectivity index (χ0v) is 16.6. The summed E-state index contributed by atoms with van der Waals surface area (Å²) in [4.78, 5) is 10.1. The van der Waals surface area contributed by atoms with Crippen molar-refractivity contribution in [2.75, 3.05) is 19.6 Å². The van der Waals surface area contributed by atoms with Crippen molar-refractivity contribution in [1.82, 2.24) is 16.0 Å². The van der Waals surface area contributed by atoms with Crippen LogP contribution in [0.2, 0.25) is 0 Å². The zero-order valence-electron chi connectivity index (χ0n) is 16.6. The van der Waals surface area contributed by atoms with Crippen molar-refractivity contribution in [2.45, 2.75) is 63.1 Å². The van der Waals surface area contributed by atoms with Gasteiger partial charge in [-0.1, -0.05) is 10.4 Å². The minimum Gasteiger partial charge on any atom is -0.480 e. The number of carboxylic acid groups (broad SMARTS) is 1. The van der Waals surface area contributed by atoms with E-state index in [-0.39, 0.29) is 23.8 Å². The number of rotatable bonds is 4. The molecule has 0 radical (unpaired) electrons. The molecule has 0 bridgehead atoms. The summed E-state index contributed by atoms with van der Waals surface area (Å²) in [5.74, 6) is 9.36. The van der Waals surface area contributed by atoms with Gasteiger partial charge in [0, 0.05) is 12.5 Å². The summed E-state index contributed by atoms with van der Waals surface area (Å²) in [7, 11) is 0. The van der Waals surface area contributed by atoms with E-state index in [9.17, 15) is 4.79 Å². The lowest BCUT2D eigenvalue weighted by Crippen LogP contribution is -2.29. The highest BCUT2D eigenvalue weighted by atomic mass is 16.4. The van der Waals surface area contributed by atoms with Gasteiger partial charge in [0.15, 0.2) is 5.84 Å². The second-order valence-electron chi connectivity index (χ2n) is 6.90. The van der Waals surface area contributed by atoms with Crippen molar-refractivity contribution in [3.63, 3.8) is 0 Å². The fraction of sp³-hybridized carbons (Fsp3) is 0.812. The predicted molar refractivity (Wildman–Crippen MR) is 109 cm³/mol. The van der Waals surface area contributed by atoms with Crippen LogP contribution >= 0.6 is 0 Å². The Bertz CT molecular complexity index is 563. The van der Waals surface area contributed by atoms with Crippen LogP contribution < -0.4 is 27.6 Å². The minimum absolute atomic E-state index is 0.0762. The molecule has 3 fully saturated rings. The molecule has 3 rings (SSSR count). The van der Waals surface area contributed by atoms with E-state index >= 15 is 0 Å². The molecule has 0 aromatic heterocycles. The van der Waals surface area contributed by atoms with E-state index < -0.39 is 5.97 Å². The smallest absolute Gasteiger partial charge is 0.320 e. The Morgan fingerprint density at radius 1 is 0.897 bits per heavy atom. The highest BCUT2D eigenvalue weighted by Crippen LogP contribution is 2.09. The van der Waals surface area contributed by atoms with E-state index in [1.807, 2.05) is 0 Å². The molecule has 3 heterocycles. The van der Waals surface area contributed by atoms with E-state index in [0.717, 1.165) is 51.7 Å². The van der Waals surface area contributed by atoms with Crippen molar-refractivity contribution in [3.8, 4) is 0 Å². The lowest BCUT2D eigenvalue weighted by molar-refractivity contribution is -0.139. The highest BCUT2D eigenvalue weighted by molar-refractivity contribution is 5.85. The summed E-state index contributed by atoms with van der Waals surface area (Å²) in [6.07, 6.45) is 6.82. The van der Waals surface area contributed by atoms with Crippen molar-refractivity contribution in [2.24, 2.45) is 32.4 Å². The van der Waals surface area contributed by atoms with Crippen LogP contribution in [0.5, 0.6) is 0 Å². The zero-order chi connectivity index (χ0) is 21.5. The van der Waals surface area contributed by atoms with Gasteiger partial charge in [-0.15, -0.1) is 10.2 Å². The molecule has 3 atom stereocenters. The SMILES string of the molecule is N=C(C[C@@H]1CCCN1)N=NN.N=C(N=NN)[C@@H]1CCCN1.O=C(O)[C@@H]1CCCN1. The summed E-state index contributed by atoms with van der Waals surface area (Å²) in [5.41, 5.74) is 0. The first kappa shape index (κ1) is 24.5. The number of hydrogen-bond donors (Lipinski definition) is 8. The minimum atomic E-state index is -0.720. The average Bonchev–Trinajstić information content (AvgIpc) is 3.45. The molecular formula is C16H33N11O2. The van der Waals surface area contributed by atoms with E-state index in [4.69, 9.17) is 27.6 Å². The number of nitrogens with two attached hydrogens (primary N) is 2. The number of nitrogens with zero attached hydrogens (tertiary/aromatic N) is 4. The van der Waals surface area contributed by atoms with Crippen molar-refractivity contribution >= 4 is 17.6 Å². The molecule has 0 unspecified atom stereocenters. The molecule has 13 nitrogen and oxygen atoms in total. The van der Waals surface area contributed by atoms with Gasteiger partial charge in [-0.2, -0.15) is 0 Å². The first-order valence-electron chi connectivity index (χ1n) is 9.78. The fourth-order valence-electron chi connectivity index (χ4n) is 3.22. The molecule has 0 saturated carbocycles. The maximum atomic E-state index is 10.1. The molecule has 0 amide bonds. The van der Waals surface area contributed by atoms with Gasteiger partial charge in [0.25, 0.3) is 0 Å². The summed E-state index contributed by atoms with van der Waals surface area (Å²) >= 11 is 0. The maximum Gasteiger partial charge on any atom is 0.320 e. The number of carboxylic acids is 1. The van der Waals surface area contributed by atoms with Crippen LogP contribution in [0, 0.1) is 10.8 Å². The van der Waals surface area contributed by atoms with Crippen LogP contribution in [-0.2, 0) is 4.79 Å². The first-order chi connectivity index (χ1) is 14.0.